The predicted molar refractivity (Wildman–Crippen MR) is 143 cm³/mol. The van der Waals surface area contributed by atoms with Gasteiger partial charge in [-0.2, -0.15) is 0 Å². The van der Waals surface area contributed by atoms with Crippen LogP contribution in [0.3, 0.4) is 0 Å². The van der Waals surface area contributed by atoms with E-state index in [1.165, 1.54) is 0 Å². The second-order valence-electron chi connectivity index (χ2n) is 10.6. The lowest BCUT2D eigenvalue weighted by Gasteiger charge is -2.38. The van der Waals surface area contributed by atoms with Crippen LogP contribution in [-0.4, -0.2) is 77.9 Å². The minimum absolute atomic E-state index is 0.196. The molecule has 4 heterocycles. The third-order valence-corrected chi connectivity index (χ3v) is 7.89. The average Bonchev–Trinajstić information content (AvgIpc) is 3.32. The zero-order chi connectivity index (χ0) is 25.5. The first kappa shape index (κ1) is 24.4. The van der Waals surface area contributed by atoms with Gasteiger partial charge < -0.3 is 14.4 Å². The molecule has 0 radical (unpaired) electrons. The summed E-state index contributed by atoms with van der Waals surface area (Å²) in [5, 5.41) is 0. The Balaban J connectivity index is 1.23. The van der Waals surface area contributed by atoms with Gasteiger partial charge in [-0.15, -0.1) is 0 Å². The Morgan fingerprint density at radius 3 is 2.49 bits per heavy atom. The smallest absolute Gasteiger partial charge is 0.151 e. The number of hydrogen-bond donors (Lipinski definition) is 0. The number of rotatable bonds is 5. The zero-order valence-corrected chi connectivity index (χ0v) is 22.0. The van der Waals surface area contributed by atoms with Crippen molar-refractivity contribution in [2.75, 3.05) is 57.4 Å². The number of benzene rings is 2. The summed E-state index contributed by atoms with van der Waals surface area (Å²) in [5.74, 6) is 1.46. The third kappa shape index (κ3) is 4.85. The van der Waals surface area contributed by atoms with Gasteiger partial charge in [-0.1, -0.05) is 0 Å². The van der Waals surface area contributed by atoms with Crippen molar-refractivity contribution in [1.82, 2.24) is 19.4 Å². The molecule has 0 bridgehead atoms. The van der Waals surface area contributed by atoms with Gasteiger partial charge in [0, 0.05) is 69.3 Å². The molecule has 196 valence electrons. The molecular weight excluding hydrogens is 469 g/mol. The summed E-state index contributed by atoms with van der Waals surface area (Å²) in [5.41, 5.74) is 5.43. The minimum atomic E-state index is -0.196. The Hall–Kier alpha value is -2.94. The van der Waals surface area contributed by atoms with Crippen molar-refractivity contribution in [3.63, 3.8) is 0 Å². The van der Waals surface area contributed by atoms with Crippen LogP contribution >= 0.6 is 0 Å². The van der Waals surface area contributed by atoms with E-state index in [4.69, 9.17) is 14.5 Å². The highest BCUT2D eigenvalue weighted by Gasteiger charge is 2.24. The molecule has 0 spiro atoms. The van der Waals surface area contributed by atoms with Crippen LogP contribution in [0.1, 0.15) is 30.9 Å². The maximum Gasteiger partial charge on any atom is 0.151 e. The van der Waals surface area contributed by atoms with Gasteiger partial charge in [-0.05, 0) is 62.2 Å². The molecule has 6 rings (SSSR count). The second kappa shape index (κ2) is 10.1. The van der Waals surface area contributed by atoms with Crippen molar-refractivity contribution in [1.29, 1.82) is 0 Å². The van der Waals surface area contributed by atoms with Crippen LogP contribution in [0.2, 0.25) is 0 Å². The van der Waals surface area contributed by atoms with Gasteiger partial charge in [0.25, 0.3) is 0 Å². The van der Waals surface area contributed by atoms with E-state index in [0.717, 1.165) is 98.8 Å². The van der Waals surface area contributed by atoms with E-state index in [0.29, 0.717) is 18.2 Å². The molecule has 3 aliphatic heterocycles. The molecule has 0 atom stereocenters. The van der Waals surface area contributed by atoms with Gasteiger partial charge in [0.1, 0.15) is 18.2 Å². The second-order valence-corrected chi connectivity index (χ2v) is 10.6. The van der Waals surface area contributed by atoms with E-state index in [2.05, 4.69) is 51.4 Å². The monoisotopic (exact) mass is 505 g/mol. The maximum atomic E-state index is 15.5. The lowest BCUT2D eigenvalue weighted by atomic mass is 9.98. The van der Waals surface area contributed by atoms with E-state index in [1.807, 2.05) is 19.1 Å². The standard InChI is InChI=1S/C29H36FN5O2/c1-20(2)33-6-8-34(9-7-33)23-4-5-24(26(30)15-23)25-16-28-27(14-21(25)3)35-18-22(31-29(35)19-37-28)17-32-10-12-36-13-11-32/h4-5,14-16,18,20H,6-13,17,19H2,1-3H3. The van der Waals surface area contributed by atoms with Gasteiger partial charge in [0.2, 0.25) is 0 Å². The number of hydrogen-bond acceptors (Lipinski definition) is 6. The normalized spacial score (nSPS) is 18.6. The van der Waals surface area contributed by atoms with Gasteiger partial charge in [0.05, 0.1) is 24.6 Å². The first-order chi connectivity index (χ1) is 18.0. The number of aryl methyl sites for hydroxylation is 1. The fraction of sp³-hybridized carbons (Fsp3) is 0.483. The Kier molecular flexibility index (Phi) is 6.65. The number of aromatic nitrogens is 2. The fourth-order valence-electron chi connectivity index (χ4n) is 5.67. The Labute approximate surface area is 218 Å². The van der Waals surface area contributed by atoms with Gasteiger partial charge >= 0.3 is 0 Å². The summed E-state index contributed by atoms with van der Waals surface area (Å²) < 4.78 is 29.2. The van der Waals surface area contributed by atoms with E-state index in [1.54, 1.807) is 6.07 Å². The van der Waals surface area contributed by atoms with Crippen LogP contribution in [-0.2, 0) is 17.9 Å². The van der Waals surface area contributed by atoms with E-state index >= 15 is 4.39 Å². The molecule has 0 saturated carbocycles. The highest BCUT2D eigenvalue weighted by Crippen LogP contribution is 2.38. The highest BCUT2D eigenvalue weighted by atomic mass is 19.1. The van der Waals surface area contributed by atoms with Crippen molar-refractivity contribution in [3.8, 4) is 22.6 Å². The first-order valence-corrected chi connectivity index (χ1v) is 13.4. The molecule has 2 saturated heterocycles. The Bertz CT molecular complexity index is 1280. The van der Waals surface area contributed by atoms with Crippen LogP contribution in [0.4, 0.5) is 10.1 Å². The topological polar surface area (TPSA) is 46.0 Å². The molecule has 0 unspecified atom stereocenters. The molecule has 2 aromatic carbocycles. The molecule has 1 aromatic heterocycles. The molecule has 8 heteroatoms. The Morgan fingerprint density at radius 1 is 0.973 bits per heavy atom. The van der Waals surface area contributed by atoms with E-state index in [9.17, 15) is 0 Å². The molecule has 2 fully saturated rings. The molecule has 3 aromatic rings. The van der Waals surface area contributed by atoms with E-state index in [-0.39, 0.29) is 5.82 Å². The summed E-state index contributed by atoms with van der Waals surface area (Å²) in [6.07, 6.45) is 2.11. The first-order valence-electron chi connectivity index (χ1n) is 13.4. The molecule has 0 amide bonds. The van der Waals surface area contributed by atoms with Crippen LogP contribution in [0, 0.1) is 12.7 Å². The summed E-state index contributed by atoms with van der Waals surface area (Å²) in [6.45, 7) is 15.0. The molecular formula is C29H36FN5O2. The molecule has 7 nitrogen and oxygen atoms in total. The molecule has 0 N–H and O–H groups in total. The average molecular weight is 506 g/mol. The molecule has 37 heavy (non-hydrogen) atoms. The van der Waals surface area contributed by atoms with Crippen molar-refractivity contribution in [2.45, 2.75) is 40.0 Å². The lowest BCUT2D eigenvalue weighted by molar-refractivity contribution is 0.0337. The number of ether oxygens (including phenoxy) is 2. The van der Waals surface area contributed by atoms with Crippen molar-refractivity contribution >= 4 is 5.69 Å². The third-order valence-electron chi connectivity index (χ3n) is 7.89. The number of piperazine rings is 1. The summed E-state index contributed by atoms with van der Waals surface area (Å²) >= 11 is 0. The van der Waals surface area contributed by atoms with Crippen molar-refractivity contribution in [2.24, 2.45) is 0 Å². The molecule has 3 aliphatic rings. The van der Waals surface area contributed by atoms with Crippen LogP contribution in [0.15, 0.2) is 36.5 Å². The predicted octanol–water partition coefficient (Wildman–Crippen LogP) is 4.24. The SMILES string of the molecule is Cc1cc2c(cc1-c1ccc(N3CCN(C(C)C)CC3)cc1F)OCc1nc(CN3CCOCC3)cn1-2. The number of imidazole rings is 1. The van der Waals surface area contributed by atoms with E-state index < -0.39 is 0 Å². The van der Waals surface area contributed by atoms with Crippen LogP contribution < -0.4 is 9.64 Å². The van der Waals surface area contributed by atoms with Gasteiger partial charge in [-0.25, -0.2) is 9.37 Å². The zero-order valence-electron chi connectivity index (χ0n) is 22.0. The largest absolute Gasteiger partial charge is 0.483 e. The number of halogens is 1. The number of anilines is 1. The Morgan fingerprint density at radius 2 is 1.76 bits per heavy atom. The van der Waals surface area contributed by atoms with Crippen molar-refractivity contribution < 1.29 is 13.9 Å². The minimum Gasteiger partial charge on any atom is -0.483 e. The molecule has 0 aliphatic carbocycles. The van der Waals surface area contributed by atoms with Crippen molar-refractivity contribution in [3.05, 3.63) is 59.4 Å². The number of fused-ring (bicyclic) bond motifs is 3. The fourth-order valence-corrected chi connectivity index (χ4v) is 5.67. The lowest BCUT2D eigenvalue weighted by Crippen LogP contribution is -2.48. The highest BCUT2D eigenvalue weighted by molar-refractivity contribution is 5.74. The maximum absolute atomic E-state index is 15.5. The van der Waals surface area contributed by atoms with Crippen LogP contribution in [0.5, 0.6) is 5.75 Å². The van der Waals surface area contributed by atoms with Crippen LogP contribution in [0.25, 0.3) is 16.8 Å². The van der Waals surface area contributed by atoms with Gasteiger partial charge in [0.15, 0.2) is 5.82 Å². The number of nitrogens with zero attached hydrogens (tertiary/aromatic N) is 5. The summed E-state index contributed by atoms with van der Waals surface area (Å²) in [6, 6.07) is 10.3. The summed E-state index contributed by atoms with van der Waals surface area (Å²) in [4.78, 5) is 11.9. The number of morpholine rings is 1. The summed E-state index contributed by atoms with van der Waals surface area (Å²) in [7, 11) is 0. The van der Waals surface area contributed by atoms with Gasteiger partial charge in [-0.3, -0.25) is 14.4 Å². The quantitative estimate of drug-likeness (QED) is 0.517.